The van der Waals surface area contributed by atoms with Crippen LogP contribution in [-0.2, 0) is 39.1 Å². The van der Waals surface area contributed by atoms with Crippen molar-refractivity contribution < 1.29 is 14.3 Å². The van der Waals surface area contributed by atoms with Crippen LogP contribution < -0.4 is 0 Å². The van der Waals surface area contributed by atoms with Crippen LogP contribution in [0.2, 0.25) is 0 Å². The van der Waals surface area contributed by atoms with Crippen LogP contribution in [0.5, 0.6) is 0 Å². The molecule has 3 heteroatoms. The van der Waals surface area contributed by atoms with Gasteiger partial charge >= 0.3 is 5.97 Å². The van der Waals surface area contributed by atoms with Gasteiger partial charge in [-0.15, -0.1) is 0 Å². The van der Waals surface area contributed by atoms with E-state index < -0.39 is 5.60 Å². The molecular formula is C39H36O3. The van der Waals surface area contributed by atoms with Gasteiger partial charge in [-0.05, 0) is 59.1 Å². The Morgan fingerprint density at radius 1 is 0.548 bits per heavy atom. The van der Waals surface area contributed by atoms with Crippen LogP contribution >= 0.6 is 0 Å². The normalized spacial score (nSPS) is 16.4. The van der Waals surface area contributed by atoms with Crippen LogP contribution in [0.1, 0.15) is 39.8 Å². The van der Waals surface area contributed by atoms with E-state index in [1.54, 1.807) is 0 Å². The van der Waals surface area contributed by atoms with E-state index in [0.29, 0.717) is 0 Å². The Balaban J connectivity index is 1.17. The molecule has 1 saturated heterocycles. The maximum atomic E-state index is 12.8. The monoisotopic (exact) mass is 552 g/mol. The van der Waals surface area contributed by atoms with Gasteiger partial charge in [0.25, 0.3) is 0 Å². The smallest absolute Gasteiger partial charge is 0.315 e. The van der Waals surface area contributed by atoms with E-state index in [1.807, 2.05) is 54.6 Å². The quantitative estimate of drug-likeness (QED) is 0.116. The first-order chi connectivity index (χ1) is 20.7. The van der Waals surface area contributed by atoms with Crippen molar-refractivity contribution in [3.63, 3.8) is 0 Å². The number of ether oxygens (including phenoxy) is 2. The van der Waals surface area contributed by atoms with Crippen molar-refractivity contribution in [3.05, 3.63) is 179 Å². The number of benzene rings is 5. The number of hydrogen-bond donors (Lipinski definition) is 0. The molecule has 0 saturated carbocycles. The maximum Gasteiger partial charge on any atom is 0.315 e. The van der Waals surface area contributed by atoms with Gasteiger partial charge in [0.05, 0.1) is 6.61 Å². The zero-order chi connectivity index (χ0) is 28.6. The Hall–Kier alpha value is -4.47. The fourth-order valence-electron chi connectivity index (χ4n) is 6.00. The summed E-state index contributed by atoms with van der Waals surface area (Å²) < 4.78 is 12.6. The standard InChI is InChI=1S/C39H36O3/c40-38-36(37(42-38)27-26-32-17-13-16-31(28-32)25-24-30-14-5-1-6-15-30)29-41-39(33-18-7-2-8-19-33,34-20-9-3-10-21-34)35-22-11-4-12-23-35/h1-23,28,36-37H,24-27,29H2/t36-,37-/m1/s1. The van der Waals surface area contributed by atoms with Gasteiger partial charge in [0, 0.05) is 0 Å². The second-order valence-corrected chi connectivity index (χ2v) is 11.0. The molecule has 0 bridgehead atoms. The molecule has 1 fully saturated rings. The van der Waals surface area contributed by atoms with Crippen LogP contribution in [0.3, 0.4) is 0 Å². The molecule has 42 heavy (non-hydrogen) atoms. The number of carbonyl (C=O) groups excluding carboxylic acids is 1. The van der Waals surface area contributed by atoms with Gasteiger partial charge in [-0.3, -0.25) is 4.79 Å². The summed E-state index contributed by atoms with van der Waals surface area (Å²) in [6.07, 6.45) is 3.50. The number of aryl methyl sites for hydroxylation is 3. The largest absolute Gasteiger partial charge is 0.461 e. The number of cyclic esters (lactones) is 1. The molecule has 0 aromatic heterocycles. The first-order valence-electron chi connectivity index (χ1n) is 14.9. The first kappa shape index (κ1) is 27.7. The Labute approximate surface area is 248 Å². The zero-order valence-electron chi connectivity index (χ0n) is 23.8. The molecule has 2 atom stereocenters. The van der Waals surface area contributed by atoms with Gasteiger partial charge in [-0.1, -0.05) is 146 Å². The summed E-state index contributed by atoms with van der Waals surface area (Å²) in [5, 5.41) is 0. The summed E-state index contributed by atoms with van der Waals surface area (Å²) in [6, 6.07) is 50.2. The molecule has 0 aliphatic carbocycles. The highest BCUT2D eigenvalue weighted by Crippen LogP contribution is 2.42. The average molecular weight is 553 g/mol. The molecule has 1 heterocycles. The van der Waals surface area contributed by atoms with Crippen molar-refractivity contribution in [2.75, 3.05) is 6.61 Å². The van der Waals surface area contributed by atoms with E-state index >= 15 is 0 Å². The van der Waals surface area contributed by atoms with E-state index in [1.165, 1.54) is 16.7 Å². The second-order valence-electron chi connectivity index (χ2n) is 11.0. The topological polar surface area (TPSA) is 35.5 Å². The van der Waals surface area contributed by atoms with Crippen LogP contribution in [0.4, 0.5) is 0 Å². The number of carbonyl (C=O) groups is 1. The summed E-state index contributed by atoms with van der Waals surface area (Å²) in [5.41, 5.74) is 6.19. The lowest BCUT2D eigenvalue weighted by molar-refractivity contribution is -0.194. The minimum atomic E-state index is -0.850. The van der Waals surface area contributed by atoms with Crippen molar-refractivity contribution in [2.45, 2.75) is 37.4 Å². The van der Waals surface area contributed by atoms with E-state index in [4.69, 9.17) is 9.47 Å². The molecular weight excluding hydrogens is 516 g/mol. The fourth-order valence-corrected chi connectivity index (χ4v) is 6.00. The lowest BCUT2D eigenvalue weighted by atomic mass is 9.79. The maximum absolute atomic E-state index is 12.8. The predicted molar refractivity (Wildman–Crippen MR) is 167 cm³/mol. The molecule has 1 aliphatic rings. The lowest BCUT2D eigenvalue weighted by Crippen LogP contribution is -2.49. The van der Waals surface area contributed by atoms with Gasteiger partial charge in [0.1, 0.15) is 17.6 Å². The van der Waals surface area contributed by atoms with Crippen molar-refractivity contribution in [2.24, 2.45) is 5.92 Å². The van der Waals surface area contributed by atoms with E-state index in [0.717, 1.165) is 42.4 Å². The van der Waals surface area contributed by atoms with E-state index in [2.05, 4.69) is 91.0 Å². The summed E-state index contributed by atoms with van der Waals surface area (Å²) in [7, 11) is 0. The Morgan fingerprint density at radius 3 is 1.52 bits per heavy atom. The minimum absolute atomic E-state index is 0.162. The van der Waals surface area contributed by atoms with Crippen molar-refractivity contribution in [3.8, 4) is 0 Å². The van der Waals surface area contributed by atoms with Crippen LogP contribution in [0.15, 0.2) is 146 Å². The molecule has 5 aromatic carbocycles. The second kappa shape index (κ2) is 13.0. The number of rotatable bonds is 12. The summed E-state index contributed by atoms with van der Waals surface area (Å²) in [6.45, 7) is 0.277. The van der Waals surface area contributed by atoms with Crippen molar-refractivity contribution in [1.29, 1.82) is 0 Å². The minimum Gasteiger partial charge on any atom is -0.461 e. The molecule has 0 unspecified atom stereocenters. The number of hydrogen-bond acceptors (Lipinski definition) is 3. The summed E-state index contributed by atoms with van der Waals surface area (Å²) in [5.74, 6) is -0.485. The van der Waals surface area contributed by atoms with Gasteiger partial charge in [0.15, 0.2) is 0 Å². The summed E-state index contributed by atoms with van der Waals surface area (Å²) >= 11 is 0. The molecule has 0 spiro atoms. The third kappa shape index (κ3) is 6.07. The van der Waals surface area contributed by atoms with E-state index in [9.17, 15) is 4.79 Å². The highest BCUT2D eigenvalue weighted by molar-refractivity contribution is 5.78. The molecule has 0 amide bonds. The molecule has 6 rings (SSSR count). The van der Waals surface area contributed by atoms with Gasteiger partial charge in [-0.25, -0.2) is 0 Å². The fraction of sp³-hybridized carbons (Fsp3) is 0.205. The predicted octanol–water partition coefficient (Wildman–Crippen LogP) is 7.95. The zero-order valence-corrected chi connectivity index (χ0v) is 23.8. The van der Waals surface area contributed by atoms with Crippen LogP contribution in [-0.4, -0.2) is 18.7 Å². The van der Waals surface area contributed by atoms with Crippen LogP contribution in [0.25, 0.3) is 0 Å². The molecule has 0 N–H and O–H groups in total. The highest BCUT2D eigenvalue weighted by Gasteiger charge is 2.45. The van der Waals surface area contributed by atoms with E-state index in [-0.39, 0.29) is 24.6 Å². The Kier molecular flexibility index (Phi) is 8.58. The first-order valence-corrected chi connectivity index (χ1v) is 14.9. The summed E-state index contributed by atoms with van der Waals surface area (Å²) in [4.78, 5) is 12.8. The third-order valence-electron chi connectivity index (χ3n) is 8.29. The third-order valence-corrected chi connectivity index (χ3v) is 8.29. The highest BCUT2D eigenvalue weighted by atomic mass is 16.6. The average Bonchev–Trinajstić information content (AvgIpc) is 3.06. The lowest BCUT2D eigenvalue weighted by Gasteiger charge is -2.40. The Morgan fingerprint density at radius 2 is 1.00 bits per heavy atom. The number of esters is 1. The molecule has 1 aliphatic heterocycles. The van der Waals surface area contributed by atoms with Gasteiger partial charge in [-0.2, -0.15) is 0 Å². The van der Waals surface area contributed by atoms with Crippen LogP contribution in [0, 0.1) is 5.92 Å². The van der Waals surface area contributed by atoms with Gasteiger partial charge in [0.2, 0.25) is 0 Å². The molecule has 3 nitrogen and oxygen atoms in total. The molecule has 0 radical (unpaired) electrons. The molecule has 210 valence electrons. The van der Waals surface area contributed by atoms with Gasteiger partial charge < -0.3 is 9.47 Å². The van der Waals surface area contributed by atoms with Crippen molar-refractivity contribution >= 4 is 5.97 Å². The van der Waals surface area contributed by atoms with Crippen molar-refractivity contribution in [1.82, 2.24) is 0 Å². The SMILES string of the molecule is O=C1O[C@H](CCc2cccc(CCc3ccccc3)c2)[C@H]1COC(c1ccccc1)(c1ccccc1)c1ccccc1. The Bertz CT molecular complexity index is 1470. The molecule has 5 aromatic rings.